The number of hydrogen-bond donors (Lipinski definition) is 0. The van der Waals surface area contributed by atoms with Crippen molar-refractivity contribution < 1.29 is 13.2 Å². The summed E-state index contributed by atoms with van der Waals surface area (Å²) in [6.07, 6.45) is 0. The molecule has 1 amide bonds. The first-order chi connectivity index (χ1) is 15.2. The monoisotopic (exact) mass is 509 g/mol. The molecule has 9 heteroatoms. The highest BCUT2D eigenvalue weighted by Gasteiger charge is 2.27. The molecule has 3 aromatic rings. The van der Waals surface area contributed by atoms with Crippen molar-refractivity contribution in [3.05, 3.63) is 53.1 Å². The lowest BCUT2D eigenvalue weighted by molar-refractivity contribution is 0.0980. The van der Waals surface area contributed by atoms with Gasteiger partial charge >= 0.3 is 0 Å². The molecule has 0 radical (unpaired) electrons. The lowest BCUT2D eigenvalue weighted by Gasteiger charge is -2.25. The summed E-state index contributed by atoms with van der Waals surface area (Å²) in [6, 6.07) is 10.6. The fourth-order valence-corrected chi connectivity index (χ4v) is 5.89. The van der Waals surface area contributed by atoms with Crippen LogP contribution in [0.15, 0.2) is 41.3 Å². The van der Waals surface area contributed by atoms with Crippen LogP contribution in [0.5, 0.6) is 0 Å². The number of fused-ring (bicyclic) bond motifs is 1. The number of aromatic nitrogens is 1. The van der Waals surface area contributed by atoms with E-state index in [1.165, 1.54) is 17.4 Å². The Morgan fingerprint density at radius 3 is 2.33 bits per heavy atom. The lowest BCUT2D eigenvalue weighted by atomic mass is 10.1. The average molecular weight is 510 g/mol. The second-order valence-corrected chi connectivity index (χ2v) is 11.0. The Bertz CT molecular complexity index is 1220. The second kappa shape index (κ2) is 11.4. The molecule has 0 bridgehead atoms. The minimum atomic E-state index is -3.54. The summed E-state index contributed by atoms with van der Waals surface area (Å²) in [4.78, 5) is 22.5. The van der Waals surface area contributed by atoms with Crippen LogP contribution < -0.4 is 4.90 Å². The summed E-state index contributed by atoms with van der Waals surface area (Å²) in [7, 11) is -3.54. The maximum Gasteiger partial charge on any atom is 0.261 e. The van der Waals surface area contributed by atoms with E-state index in [9.17, 15) is 13.2 Å². The van der Waals surface area contributed by atoms with Gasteiger partial charge in [-0.3, -0.25) is 9.69 Å². The molecule has 0 aliphatic rings. The first kappa shape index (κ1) is 27.2. The summed E-state index contributed by atoms with van der Waals surface area (Å²) >= 11 is 1.48. The fourth-order valence-electron chi connectivity index (χ4n) is 3.76. The molecule has 0 fully saturated rings. The van der Waals surface area contributed by atoms with Crippen LogP contribution in [0.25, 0.3) is 10.2 Å². The van der Waals surface area contributed by atoms with E-state index in [-0.39, 0.29) is 34.5 Å². The predicted octanol–water partition coefficient (Wildman–Crippen LogP) is 5.12. The van der Waals surface area contributed by atoms with Gasteiger partial charge in [-0.2, -0.15) is 0 Å². The maximum absolute atomic E-state index is 13.8. The number of likely N-dealkylation sites (N-methyl/N-ethyl adjacent to an activating group) is 1. The standard InChI is InChI=1S/C24H31N3O3S2.ClH/c1-6-26(7-2)13-14-27(24-25-20-16-17(4)15-18(5)22(20)31-24)23(28)19-11-9-10-12-21(19)32(29,30)8-3;/h9-12,15-16H,6-8,13-14H2,1-5H3;1H. The Hall–Kier alpha value is -2.00. The van der Waals surface area contributed by atoms with E-state index in [1.54, 1.807) is 30.0 Å². The normalized spacial score (nSPS) is 11.6. The van der Waals surface area contributed by atoms with Crippen LogP contribution in [-0.4, -0.2) is 56.1 Å². The first-order valence-corrected chi connectivity index (χ1v) is 13.4. The van der Waals surface area contributed by atoms with Crippen LogP contribution >= 0.6 is 23.7 Å². The summed E-state index contributed by atoms with van der Waals surface area (Å²) in [5.74, 6) is -0.394. The van der Waals surface area contributed by atoms with E-state index in [4.69, 9.17) is 4.98 Å². The molecule has 0 aliphatic heterocycles. The maximum atomic E-state index is 13.8. The molecule has 0 N–H and O–H groups in total. The summed E-state index contributed by atoms with van der Waals surface area (Å²) in [5, 5.41) is 0.592. The smallest absolute Gasteiger partial charge is 0.261 e. The molecular formula is C24H32ClN3O3S2. The van der Waals surface area contributed by atoms with E-state index in [1.807, 2.05) is 19.9 Å². The number of hydrogen-bond acceptors (Lipinski definition) is 6. The van der Waals surface area contributed by atoms with Gasteiger partial charge in [0.15, 0.2) is 15.0 Å². The number of halogens is 1. The number of anilines is 1. The van der Waals surface area contributed by atoms with Crippen molar-refractivity contribution in [2.45, 2.75) is 39.5 Å². The van der Waals surface area contributed by atoms with E-state index in [0.29, 0.717) is 18.2 Å². The molecule has 1 heterocycles. The van der Waals surface area contributed by atoms with E-state index < -0.39 is 9.84 Å². The molecule has 0 aliphatic carbocycles. The van der Waals surface area contributed by atoms with Crippen molar-refractivity contribution in [1.82, 2.24) is 9.88 Å². The number of amides is 1. The van der Waals surface area contributed by atoms with E-state index in [0.717, 1.165) is 34.4 Å². The van der Waals surface area contributed by atoms with Crippen molar-refractivity contribution in [2.75, 3.05) is 36.8 Å². The minimum absolute atomic E-state index is 0. The van der Waals surface area contributed by atoms with Gasteiger partial charge in [-0.25, -0.2) is 13.4 Å². The number of carbonyl (C=O) groups is 1. The quantitative estimate of drug-likeness (QED) is 0.400. The van der Waals surface area contributed by atoms with Crippen LogP contribution in [0, 0.1) is 13.8 Å². The first-order valence-electron chi connectivity index (χ1n) is 11.0. The molecule has 0 unspecified atom stereocenters. The van der Waals surface area contributed by atoms with Crippen molar-refractivity contribution in [2.24, 2.45) is 0 Å². The van der Waals surface area contributed by atoms with Gasteiger partial charge in [-0.1, -0.05) is 50.3 Å². The zero-order valence-corrected chi connectivity index (χ0v) is 22.2. The molecule has 0 spiro atoms. The van der Waals surface area contributed by atoms with Gasteiger partial charge in [-0.15, -0.1) is 12.4 Å². The van der Waals surface area contributed by atoms with Crippen LogP contribution in [-0.2, 0) is 9.84 Å². The van der Waals surface area contributed by atoms with Crippen molar-refractivity contribution >= 4 is 54.8 Å². The van der Waals surface area contributed by atoms with Gasteiger partial charge in [0.2, 0.25) is 0 Å². The Labute approximate surface area is 207 Å². The number of thiazole rings is 1. The molecule has 6 nitrogen and oxygen atoms in total. The topological polar surface area (TPSA) is 70.6 Å². The van der Waals surface area contributed by atoms with Crippen molar-refractivity contribution in [3.63, 3.8) is 0 Å². The molecule has 1 aromatic heterocycles. The zero-order valence-electron chi connectivity index (χ0n) is 19.8. The van der Waals surface area contributed by atoms with E-state index in [2.05, 4.69) is 24.8 Å². The van der Waals surface area contributed by atoms with Crippen LogP contribution in [0.1, 0.15) is 42.3 Å². The number of aryl methyl sites for hydroxylation is 2. The molecule has 33 heavy (non-hydrogen) atoms. The molecule has 0 saturated carbocycles. The lowest BCUT2D eigenvalue weighted by Crippen LogP contribution is -2.39. The molecular weight excluding hydrogens is 478 g/mol. The van der Waals surface area contributed by atoms with Gasteiger partial charge in [0, 0.05) is 13.1 Å². The summed E-state index contributed by atoms with van der Waals surface area (Å²) in [5.41, 5.74) is 3.29. The number of nitrogens with zero attached hydrogens (tertiary/aromatic N) is 3. The molecule has 2 aromatic carbocycles. The Morgan fingerprint density at radius 2 is 1.70 bits per heavy atom. The summed E-state index contributed by atoms with van der Waals surface area (Å²) < 4.78 is 26.4. The number of carbonyl (C=O) groups excluding carboxylic acids is 1. The average Bonchev–Trinajstić information content (AvgIpc) is 3.20. The largest absolute Gasteiger partial charge is 0.302 e. The van der Waals surface area contributed by atoms with E-state index >= 15 is 0 Å². The van der Waals surface area contributed by atoms with Crippen molar-refractivity contribution in [1.29, 1.82) is 0 Å². The SMILES string of the molecule is CCN(CC)CCN(C(=O)c1ccccc1S(=O)(=O)CC)c1nc2cc(C)cc(C)c2s1.Cl. The molecule has 3 rings (SSSR count). The third-order valence-corrected chi connectivity index (χ3v) is 8.67. The number of rotatable bonds is 9. The zero-order chi connectivity index (χ0) is 23.5. The van der Waals surface area contributed by atoms with Gasteiger partial charge in [0.1, 0.15) is 0 Å². The number of sulfone groups is 1. The van der Waals surface area contributed by atoms with Gasteiger partial charge in [-0.05, 0) is 56.3 Å². The summed E-state index contributed by atoms with van der Waals surface area (Å²) in [6.45, 7) is 12.7. The highest BCUT2D eigenvalue weighted by atomic mass is 35.5. The molecule has 0 atom stereocenters. The predicted molar refractivity (Wildman–Crippen MR) is 140 cm³/mol. The van der Waals surface area contributed by atoms with Crippen LogP contribution in [0.4, 0.5) is 5.13 Å². The minimum Gasteiger partial charge on any atom is -0.302 e. The third-order valence-electron chi connectivity index (χ3n) is 5.65. The fraction of sp³-hybridized carbons (Fsp3) is 0.417. The number of benzene rings is 2. The molecule has 0 saturated heterocycles. The van der Waals surface area contributed by atoms with Gasteiger partial charge < -0.3 is 4.90 Å². The van der Waals surface area contributed by atoms with Crippen LogP contribution in [0.3, 0.4) is 0 Å². The molecule has 180 valence electrons. The Balaban J connectivity index is 0.00000385. The third kappa shape index (κ3) is 5.93. The van der Waals surface area contributed by atoms with Gasteiger partial charge in [0.25, 0.3) is 5.91 Å². The highest BCUT2D eigenvalue weighted by molar-refractivity contribution is 7.91. The van der Waals surface area contributed by atoms with Gasteiger partial charge in [0.05, 0.1) is 26.4 Å². The second-order valence-electron chi connectivity index (χ2n) is 7.81. The van der Waals surface area contributed by atoms with Crippen LogP contribution in [0.2, 0.25) is 0 Å². The Morgan fingerprint density at radius 1 is 1.03 bits per heavy atom. The highest BCUT2D eigenvalue weighted by Crippen LogP contribution is 2.33. The Kier molecular flexibility index (Phi) is 9.43. The van der Waals surface area contributed by atoms with Crippen molar-refractivity contribution in [3.8, 4) is 0 Å².